The molecule has 0 radical (unpaired) electrons. The van der Waals surface area contributed by atoms with Crippen molar-refractivity contribution in [2.75, 3.05) is 13.1 Å². The summed E-state index contributed by atoms with van der Waals surface area (Å²) in [7, 11) is 1.71. The number of amides is 1. The predicted molar refractivity (Wildman–Crippen MR) is 47.5 cm³/mol. The molecule has 1 unspecified atom stereocenters. The van der Waals surface area contributed by atoms with Crippen molar-refractivity contribution < 1.29 is 9.90 Å². The van der Waals surface area contributed by atoms with Crippen LogP contribution in [0.1, 0.15) is 16.9 Å². The zero-order valence-electron chi connectivity index (χ0n) is 7.92. The Labute approximate surface area is 81.1 Å². The van der Waals surface area contributed by atoms with Crippen LogP contribution < -0.4 is 0 Å². The topological polar surface area (TPSA) is 71.2 Å². The first-order valence-corrected chi connectivity index (χ1v) is 4.50. The number of likely N-dealkylation sites (tertiary alicyclic amines) is 1. The molecule has 1 fully saturated rings. The summed E-state index contributed by atoms with van der Waals surface area (Å²) in [4.78, 5) is 13.3. The van der Waals surface area contributed by atoms with Gasteiger partial charge in [0.25, 0.3) is 5.91 Å². The van der Waals surface area contributed by atoms with Crippen molar-refractivity contribution in [3.8, 4) is 0 Å². The van der Waals surface area contributed by atoms with Crippen LogP contribution in [0.5, 0.6) is 0 Å². The molecule has 1 aromatic heterocycles. The molecular weight excluding hydrogens is 184 g/mol. The molecule has 1 amide bonds. The second-order valence-corrected chi connectivity index (χ2v) is 3.47. The number of rotatable bonds is 1. The fraction of sp³-hybridized carbons (Fsp3) is 0.625. The van der Waals surface area contributed by atoms with Crippen LogP contribution >= 0.6 is 0 Å². The number of β-amino-alcohol motifs (C(OH)–C–C–N with tert-alkyl or cyclic N) is 1. The molecule has 1 atom stereocenters. The highest BCUT2D eigenvalue weighted by Gasteiger charge is 2.26. The molecule has 1 N–H and O–H groups in total. The molecule has 1 aliphatic heterocycles. The van der Waals surface area contributed by atoms with Crippen molar-refractivity contribution in [3.05, 3.63) is 11.9 Å². The minimum absolute atomic E-state index is 0.158. The van der Waals surface area contributed by atoms with E-state index in [1.165, 1.54) is 4.68 Å². The van der Waals surface area contributed by atoms with Gasteiger partial charge in [-0.3, -0.25) is 9.48 Å². The molecule has 76 valence electrons. The van der Waals surface area contributed by atoms with E-state index in [1.54, 1.807) is 18.1 Å². The van der Waals surface area contributed by atoms with Gasteiger partial charge < -0.3 is 10.0 Å². The van der Waals surface area contributed by atoms with Gasteiger partial charge in [0.05, 0.1) is 12.3 Å². The molecule has 1 aliphatic rings. The summed E-state index contributed by atoms with van der Waals surface area (Å²) < 4.78 is 1.49. The summed E-state index contributed by atoms with van der Waals surface area (Å²) >= 11 is 0. The summed E-state index contributed by atoms with van der Waals surface area (Å²) in [6.07, 6.45) is 1.83. The summed E-state index contributed by atoms with van der Waals surface area (Å²) in [5.41, 5.74) is 0.335. The number of carbonyl (C=O) groups excluding carboxylic acids is 1. The number of aliphatic hydroxyl groups is 1. The molecule has 0 aliphatic carbocycles. The predicted octanol–water partition coefficient (Wildman–Crippen LogP) is -0.978. The summed E-state index contributed by atoms with van der Waals surface area (Å²) in [6.45, 7) is 0.992. The summed E-state index contributed by atoms with van der Waals surface area (Å²) in [5.74, 6) is -0.158. The van der Waals surface area contributed by atoms with Crippen LogP contribution in [0.15, 0.2) is 6.20 Å². The lowest BCUT2D eigenvalue weighted by Crippen LogP contribution is -2.29. The van der Waals surface area contributed by atoms with Gasteiger partial charge in [0.15, 0.2) is 5.69 Å². The van der Waals surface area contributed by atoms with E-state index < -0.39 is 6.10 Å². The van der Waals surface area contributed by atoms with Crippen molar-refractivity contribution in [1.29, 1.82) is 0 Å². The number of hydrogen-bond donors (Lipinski definition) is 1. The van der Waals surface area contributed by atoms with E-state index >= 15 is 0 Å². The third-order valence-electron chi connectivity index (χ3n) is 2.27. The third-order valence-corrected chi connectivity index (χ3v) is 2.27. The quantitative estimate of drug-likeness (QED) is 0.626. The average Bonchev–Trinajstić information content (AvgIpc) is 2.73. The highest BCUT2D eigenvalue weighted by molar-refractivity contribution is 5.92. The first-order chi connectivity index (χ1) is 6.66. The van der Waals surface area contributed by atoms with Gasteiger partial charge in [0.2, 0.25) is 0 Å². The minimum atomic E-state index is -0.393. The van der Waals surface area contributed by atoms with Gasteiger partial charge in [0.1, 0.15) is 0 Å². The van der Waals surface area contributed by atoms with E-state index in [0.29, 0.717) is 25.2 Å². The smallest absolute Gasteiger partial charge is 0.276 e. The van der Waals surface area contributed by atoms with Gasteiger partial charge in [-0.2, -0.15) is 0 Å². The Morgan fingerprint density at radius 1 is 1.71 bits per heavy atom. The highest BCUT2D eigenvalue weighted by Crippen LogP contribution is 2.11. The Morgan fingerprint density at radius 3 is 3.00 bits per heavy atom. The Morgan fingerprint density at radius 2 is 2.50 bits per heavy atom. The van der Waals surface area contributed by atoms with Crippen LogP contribution in [0.25, 0.3) is 0 Å². The average molecular weight is 196 g/mol. The number of carbonyl (C=O) groups is 1. The maximum absolute atomic E-state index is 11.7. The van der Waals surface area contributed by atoms with Gasteiger partial charge >= 0.3 is 0 Å². The fourth-order valence-corrected chi connectivity index (χ4v) is 1.53. The molecule has 6 nitrogen and oxygen atoms in total. The van der Waals surface area contributed by atoms with Crippen LogP contribution in [-0.2, 0) is 7.05 Å². The zero-order chi connectivity index (χ0) is 10.1. The van der Waals surface area contributed by atoms with Crippen molar-refractivity contribution in [2.24, 2.45) is 7.05 Å². The molecule has 0 aromatic carbocycles. The lowest BCUT2D eigenvalue weighted by molar-refractivity contribution is 0.0759. The first kappa shape index (κ1) is 9.14. The molecule has 2 heterocycles. The van der Waals surface area contributed by atoms with Crippen LogP contribution in [-0.4, -0.2) is 50.1 Å². The highest BCUT2D eigenvalue weighted by atomic mass is 16.3. The Balaban J connectivity index is 2.09. The molecule has 0 bridgehead atoms. The maximum atomic E-state index is 11.7. The second-order valence-electron chi connectivity index (χ2n) is 3.47. The van der Waals surface area contributed by atoms with Gasteiger partial charge in [-0.1, -0.05) is 5.21 Å². The minimum Gasteiger partial charge on any atom is -0.391 e. The SMILES string of the molecule is Cn1cc(C(=O)N2CCC(O)C2)nn1. The van der Waals surface area contributed by atoms with E-state index in [9.17, 15) is 9.90 Å². The van der Waals surface area contributed by atoms with Gasteiger partial charge in [-0.25, -0.2) is 0 Å². The fourth-order valence-electron chi connectivity index (χ4n) is 1.53. The molecule has 1 aromatic rings. The van der Waals surface area contributed by atoms with E-state index in [1.807, 2.05) is 0 Å². The van der Waals surface area contributed by atoms with Crippen LogP contribution in [0.3, 0.4) is 0 Å². The van der Waals surface area contributed by atoms with Crippen molar-refractivity contribution in [1.82, 2.24) is 19.9 Å². The van der Waals surface area contributed by atoms with E-state index in [4.69, 9.17) is 0 Å². The lowest BCUT2D eigenvalue weighted by atomic mass is 10.3. The van der Waals surface area contributed by atoms with Crippen LogP contribution in [0, 0.1) is 0 Å². The van der Waals surface area contributed by atoms with Crippen molar-refractivity contribution in [3.63, 3.8) is 0 Å². The van der Waals surface area contributed by atoms with E-state index in [-0.39, 0.29) is 5.91 Å². The second kappa shape index (κ2) is 3.38. The molecule has 6 heteroatoms. The van der Waals surface area contributed by atoms with Crippen LogP contribution in [0.4, 0.5) is 0 Å². The standard InChI is InChI=1S/C8H12N4O2/c1-11-5-7(9-10-11)8(14)12-3-2-6(13)4-12/h5-6,13H,2-4H2,1H3. The Kier molecular flexibility index (Phi) is 2.20. The monoisotopic (exact) mass is 196 g/mol. The maximum Gasteiger partial charge on any atom is 0.276 e. The summed E-state index contributed by atoms with van der Waals surface area (Å²) in [5, 5.41) is 16.7. The number of aliphatic hydroxyl groups excluding tert-OH is 1. The largest absolute Gasteiger partial charge is 0.391 e. The lowest BCUT2D eigenvalue weighted by Gasteiger charge is -2.12. The number of aryl methyl sites for hydroxylation is 1. The molecule has 0 spiro atoms. The molecule has 1 saturated heterocycles. The first-order valence-electron chi connectivity index (χ1n) is 4.50. The van der Waals surface area contributed by atoms with E-state index in [0.717, 1.165) is 0 Å². The Hall–Kier alpha value is -1.43. The molecule has 0 saturated carbocycles. The van der Waals surface area contributed by atoms with Crippen molar-refractivity contribution >= 4 is 5.91 Å². The molecule has 14 heavy (non-hydrogen) atoms. The third kappa shape index (κ3) is 1.60. The zero-order valence-corrected chi connectivity index (χ0v) is 7.92. The number of aromatic nitrogens is 3. The van der Waals surface area contributed by atoms with E-state index in [2.05, 4.69) is 10.3 Å². The number of nitrogens with zero attached hydrogens (tertiary/aromatic N) is 4. The van der Waals surface area contributed by atoms with Crippen molar-refractivity contribution in [2.45, 2.75) is 12.5 Å². The van der Waals surface area contributed by atoms with Gasteiger partial charge in [-0.05, 0) is 6.42 Å². The van der Waals surface area contributed by atoms with Gasteiger partial charge in [0, 0.05) is 20.1 Å². The summed E-state index contributed by atoms with van der Waals surface area (Å²) in [6, 6.07) is 0. The van der Waals surface area contributed by atoms with Crippen LogP contribution in [0.2, 0.25) is 0 Å². The number of hydrogen-bond acceptors (Lipinski definition) is 4. The normalized spacial score (nSPS) is 21.6. The van der Waals surface area contributed by atoms with Gasteiger partial charge in [-0.15, -0.1) is 5.10 Å². The molecular formula is C8H12N4O2. The molecule has 2 rings (SSSR count). The Bertz CT molecular complexity index is 349.